The van der Waals surface area contributed by atoms with Crippen LogP contribution >= 0.6 is 11.8 Å². The van der Waals surface area contributed by atoms with Crippen molar-refractivity contribution in [3.05, 3.63) is 36.4 Å². The molecule has 0 atom stereocenters. The fourth-order valence-electron chi connectivity index (χ4n) is 1.35. The molecule has 0 aliphatic rings. The van der Waals surface area contributed by atoms with Gasteiger partial charge in [-0.05, 0) is 18.6 Å². The van der Waals surface area contributed by atoms with Gasteiger partial charge >= 0.3 is 0 Å². The van der Waals surface area contributed by atoms with Crippen LogP contribution in [0.5, 0.6) is 0 Å². The Morgan fingerprint density at radius 2 is 2.00 bits per heavy atom. The minimum atomic E-state index is 0.564. The zero-order valence-electron chi connectivity index (χ0n) is 8.92. The van der Waals surface area contributed by atoms with Gasteiger partial charge in [0.1, 0.15) is 17.2 Å². The lowest BCUT2D eigenvalue weighted by Gasteiger charge is -2.07. The number of nitrogen functional groups attached to an aromatic ring is 1. The van der Waals surface area contributed by atoms with E-state index in [4.69, 9.17) is 5.73 Å². The molecular formula is C11H12N4S. The first-order chi connectivity index (χ1) is 7.81. The summed E-state index contributed by atoms with van der Waals surface area (Å²) in [4.78, 5) is 13.3. The van der Waals surface area contributed by atoms with Crippen LogP contribution < -0.4 is 5.73 Å². The number of pyridine rings is 1. The Morgan fingerprint density at radius 3 is 2.69 bits per heavy atom. The van der Waals surface area contributed by atoms with Crippen molar-refractivity contribution < 1.29 is 0 Å². The third kappa shape index (κ3) is 2.30. The molecule has 4 nitrogen and oxygen atoms in total. The number of hydrogen-bond acceptors (Lipinski definition) is 5. The molecule has 16 heavy (non-hydrogen) atoms. The largest absolute Gasteiger partial charge is 0.383 e. The lowest BCUT2D eigenvalue weighted by atomic mass is 10.2. The van der Waals surface area contributed by atoms with Gasteiger partial charge in [0.15, 0.2) is 0 Å². The summed E-state index contributed by atoms with van der Waals surface area (Å²) in [6.45, 7) is 2.05. The first kappa shape index (κ1) is 10.9. The minimum absolute atomic E-state index is 0.564. The van der Waals surface area contributed by atoms with Crippen molar-refractivity contribution in [3.8, 4) is 0 Å². The molecule has 0 bridgehead atoms. The highest BCUT2D eigenvalue weighted by Crippen LogP contribution is 2.29. The van der Waals surface area contributed by atoms with Crippen LogP contribution in [0.25, 0.3) is 0 Å². The van der Waals surface area contributed by atoms with E-state index in [0.717, 1.165) is 21.9 Å². The van der Waals surface area contributed by atoms with Gasteiger partial charge in [0.05, 0.1) is 0 Å². The van der Waals surface area contributed by atoms with Gasteiger partial charge in [-0.2, -0.15) is 0 Å². The average Bonchev–Trinajstić information content (AvgIpc) is 2.31. The third-order valence-electron chi connectivity index (χ3n) is 2.16. The molecule has 2 aromatic heterocycles. The lowest BCUT2D eigenvalue weighted by Crippen LogP contribution is -2.00. The van der Waals surface area contributed by atoms with Crippen LogP contribution in [0.15, 0.2) is 40.8 Å². The van der Waals surface area contributed by atoms with Gasteiger partial charge in [0.25, 0.3) is 0 Å². The maximum atomic E-state index is 5.81. The Bertz CT molecular complexity index is 473. The molecule has 0 fully saturated rings. The smallest absolute Gasteiger partial charge is 0.131 e. The zero-order valence-corrected chi connectivity index (χ0v) is 9.74. The van der Waals surface area contributed by atoms with Crippen LogP contribution in [0, 0.1) is 0 Å². The van der Waals surface area contributed by atoms with Gasteiger partial charge in [0.2, 0.25) is 0 Å². The van der Waals surface area contributed by atoms with E-state index < -0.39 is 0 Å². The van der Waals surface area contributed by atoms with E-state index in [1.54, 1.807) is 24.2 Å². The number of aromatic nitrogens is 3. The number of anilines is 1. The van der Waals surface area contributed by atoms with Crippen molar-refractivity contribution in [1.29, 1.82) is 0 Å². The van der Waals surface area contributed by atoms with Gasteiger partial charge in [-0.25, -0.2) is 9.97 Å². The van der Waals surface area contributed by atoms with Gasteiger partial charge in [-0.3, -0.25) is 4.98 Å². The van der Waals surface area contributed by atoms with Crippen LogP contribution in [0.1, 0.15) is 12.5 Å². The topological polar surface area (TPSA) is 64.7 Å². The first-order valence-electron chi connectivity index (χ1n) is 4.98. The normalized spacial score (nSPS) is 10.3. The molecule has 0 aliphatic carbocycles. The van der Waals surface area contributed by atoms with Crippen molar-refractivity contribution >= 4 is 17.6 Å². The van der Waals surface area contributed by atoms with E-state index in [1.165, 1.54) is 6.33 Å². The molecular weight excluding hydrogens is 220 g/mol. The second-order valence-corrected chi connectivity index (χ2v) is 4.24. The summed E-state index contributed by atoms with van der Waals surface area (Å²) in [6, 6.07) is 3.89. The molecule has 82 valence electrons. The van der Waals surface area contributed by atoms with Gasteiger partial charge in [-0.15, -0.1) is 0 Å². The standard InChI is InChI=1S/C11H12N4S/c1-2-9-10(12)14-7-15-11(9)16-8-3-5-13-6-4-8/h3-7H,2H2,1H3,(H2,12,14,15). The average molecular weight is 232 g/mol. The Kier molecular flexibility index (Phi) is 3.36. The Morgan fingerprint density at radius 1 is 1.25 bits per heavy atom. The summed E-state index contributed by atoms with van der Waals surface area (Å²) in [5.74, 6) is 0.564. The minimum Gasteiger partial charge on any atom is -0.383 e. The molecule has 0 saturated carbocycles. The van der Waals surface area contributed by atoms with Crippen molar-refractivity contribution in [2.75, 3.05) is 5.73 Å². The number of nitrogens with zero attached hydrogens (tertiary/aromatic N) is 3. The SMILES string of the molecule is CCc1c(N)ncnc1Sc1ccncc1. The van der Waals surface area contributed by atoms with Crippen LogP contribution in [-0.2, 0) is 6.42 Å². The molecule has 0 aliphatic heterocycles. The summed E-state index contributed by atoms with van der Waals surface area (Å²) in [5.41, 5.74) is 6.81. The number of nitrogens with two attached hydrogens (primary N) is 1. The van der Waals surface area contributed by atoms with E-state index in [1.807, 2.05) is 19.1 Å². The van der Waals surface area contributed by atoms with Gasteiger partial charge < -0.3 is 5.73 Å². The van der Waals surface area contributed by atoms with E-state index in [-0.39, 0.29) is 0 Å². The van der Waals surface area contributed by atoms with Gasteiger partial charge in [0, 0.05) is 22.9 Å². The summed E-state index contributed by atoms with van der Waals surface area (Å²) in [5, 5.41) is 0.918. The van der Waals surface area contributed by atoms with E-state index in [0.29, 0.717) is 5.82 Å². The summed E-state index contributed by atoms with van der Waals surface area (Å²) >= 11 is 1.58. The van der Waals surface area contributed by atoms with Crippen molar-refractivity contribution in [2.24, 2.45) is 0 Å². The molecule has 0 aromatic carbocycles. The quantitative estimate of drug-likeness (QED) is 0.821. The summed E-state index contributed by atoms with van der Waals surface area (Å²) in [6.07, 6.45) is 5.86. The number of hydrogen-bond donors (Lipinski definition) is 1. The highest BCUT2D eigenvalue weighted by atomic mass is 32.2. The molecule has 0 amide bonds. The van der Waals surface area contributed by atoms with E-state index in [9.17, 15) is 0 Å². The second-order valence-electron chi connectivity index (χ2n) is 3.18. The lowest BCUT2D eigenvalue weighted by molar-refractivity contribution is 0.953. The fourth-order valence-corrected chi connectivity index (χ4v) is 2.30. The fraction of sp³-hybridized carbons (Fsp3) is 0.182. The monoisotopic (exact) mass is 232 g/mol. The Balaban J connectivity index is 2.31. The first-order valence-corrected chi connectivity index (χ1v) is 5.80. The Labute approximate surface area is 98.3 Å². The molecule has 0 unspecified atom stereocenters. The Hall–Kier alpha value is -1.62. The van der Waals surface area contributed by atoms with Crippen LogP contribution in [0.2, 0.25) is 0 Å². The molecule has 2 rings (SSSR count). The van der Waals surface area contributed by atoms with Crippen LogP contribution in [0.4, 0.5) is 5.82 Å². The maximum Gasteiger partial charge on any atom is 0.131 e. The molecule has 2 heterocycles. The highest BCUT2D eigenvalue weighted by molar-refractivity contribution is 7.99. The summed E-state index contributed by atoms with van der Waals surface area (Å²) in [7, 11) is 0. The van der Waals surface area contributed by atoms with Gasteiger partial charge in [-0.1, -0.05) is 18.7 Å². The molecule has 5 heteroatoms. The van der Waals surface area contributed by atoms with E-state index in [2.05, 4.69) is 15.0 Å². The molecule has 2 aromatic rings. The van der Waals surface area contributed by atoms with Crippen LogP contribution in [0.3, 0.4) is 0 Å². The number of rotatable bonds is 3. The van der Waals surface area contributed by atoms with E-state index >= 15 is 0 Å². The molecule has 2 N–H and O–H groups in total. The molecule has 0 saturated heterocycles. The van der Waals surface area contributed by atoms with Crippen molar-refractivity contribution in [1.82, 2.24) is 15.0 Å². The van der Waals surface area contributed by atoms with Crippen molar-refractivity contribution in [3.63, 3.8) is 0 Å². The van der Waals surface area contributed by atoms with Crippen LogP contribution in [-0.4, -0.2) is 15.0 Å². The predicted octanol–water partition coefficient (Wildman–Crippen LogP) is 2.17. The predicted molar refractivity (Wildman–Crippen MR) is 64.2 cm³/mol. The third-order valence-corrected chi connectivity index (χ3v) is 3.21. The summed E-state index contributed by atoms with van der Waals surface area (Å²) < 4.78 is 0. The molecule has 0 radical (unpaired) electrons. The highest BCUT2D eigenvalue weighted by Gasteiger charge is 2.08. The molecule has 0 spiro atoms. The second kappa shape index (κ2) is 4.94. The zero-order chi connectivity index (χ0) is 11.4. The van der Waals surface area contributed by atoms with Crippen molar-refractivity contribution in [2.45, 2.75) is 23.3 Å². The maximum absolute atomic E-state index is 5.81.